The molecule has 1 saturated heterocycles. The first kappa shape index (κ1) is 25.1. The Balaban J connectivity index is 1.22. The molecule has 1 unspecified atom stereocenters. The third-order valence-electron chi connectivity index (χ3n) is 6.34. The van der Waals surface area contributed by atoms with E-state index in [0.717, 1.165) is 32.8 Å². The van der Waals surface area contributed by atoms with E-state index in [4.69, 9.17) is 21.0 Å². The average molecular weight is 534 g/mol. The topological polar surface area (TPSA) is 64.8 Å². The number of thiazole rings is 1. The maximum absolute atomic E-state index is 13.4. The van der Waals surface area contributed by atoms with Crippen LogP contribution in [0, 0.1) is 12.3 Å². The van der Waals surface area contributed by atoms with E-state index in [1.54, 1.807) is 5.01 Å². The number of piperidine rings is 1. The van der Waals surface area contributed by atoms with E-state index in [9.17, 15) is 17.6 Å². The first-order chi connectivity index (χ1) is 17.9. The number of aromatic nitrogens is 3. The largest absolute Gasteiger partial charge is 0.481 e. The molecule has 0 bridgehead atoms. The van der Waals surface area contributed by atoms with Gasteiger partial charge in [0.2, 0.25) is 0 Å². The van der Waals surface area contributed by atoms with Gasteiger partial charge in [0.1, 0.15) is 29.5 Å². The number of oxime groups is 1. The van der Waals surface area contributed by atoms with Crippen LogP contribution >= 0.6 is 11.3 Å². The Kier molecular flexibility index (Phi) is 7.32. The minimum absolute atomic E-state index is 0.117. The van der Waals surface area contributed by atoms with Crippen molar-refractivity contribution in [3.05, 3.63) is 63.4 Å². The first-order valence-corrected chi connectivity index (χ1v) is 12.6. The van der Waals surface area contributed by atoms with E-state index in [-0.39, 0.29) is 18.6 Å². The molecule has 0 aliphatic carbocycles. The number of terminal acetylenes is 1. The zero-order valence-electron chi connectivity index (χ0n) is 19.6. The van der Waals surface area contributed by atoms with Crippen LogP contribution in [0.2, 0.25) is 0 Å². The van der Waals surface area contributed by atoms with Gasteiger partial charge in [0.25, 0.3) is 12.9 Å². The summed E-state index contributed by atoms with van der Waals surface area (Å²) < 4.78 is 58.4. The number of hydrogen-bond acceptors (Lipinski definition) is 7. The summed E-state index contributed by atoms with van der Waals surface area (Å²) in [6.45, 7) is 0.942. The Hall–Kier alpha value is -3.59. The van der Waals surface area contributed by atoms with E-state index in [0.29, 0.717) is 38.1 Å². The highest BCUT2D eigenvalue weighted by atomic mass is 32.1. The molecule has 2 aliphatic heterocycles. The maximum Gasteiger partial charge on any atom is 0.282 e. The number of halogens is 4. The normalized spacial score (nSPS) is 18.2. The highest BCUT2D eigenvalue weighted by Gasteiger charge is 2.31. The van der Waals surface area contributed by atoms with Crippen molar-refractivity contribution in [3.8, 4) is 18.1 Å². The molecule has 194 valence electrons. The second-order valence-corrected chi connectivity index (χ2v) is 9.54. The third-order valence-corrected chi connectivity index (χ3v) is 7.34. The Bertz CT molecular complexity index is 1310. The van der Waals surface area contributed by atoms with Gasteiger partial charge in [-0.05, 0) is 25.0 Å². The lowest BCUT2D eigenvalue weighted by Crippen LogP contribution is -2.43. The number of hydrogen-bond donors (Lipinski definition) is 0. The van der Waals surface area contributed by atoms with Crippen LogP contribution in [0.15, 0.2) is 40.9 Å². The van der Waals surface area contributed by atoms with Crippen molar-refractivity contribution in [1.29, 1.82) is 0 Å². The molecule has 1 atom stereocenters. The van der Waals surface area contributed by atoms with Crippen molar-refractivity contribution < 1.29 is 27.1 Å². The number of ether oxygens (including phenoxy) is 1. The number of nitrogens with zero attached hydrogens (tertiary/aromatic N) is 5. The quantitative estimate of drug-likeness (QED) is 0.278. The van der Waals surface area contributed by atoms with Gasteiger partial charge in [0.15, 0.2) is 6.10 Å². The molecule has 2 aliphatic rings. The van der Waals surface area contributed by atoms with Crippen molar-refractivity contribution in [2.24, 2.45) is 5.16 Å². The minimum atomic E-state index is -2.91. The summed E-state index contributed by atoms with van der Waals surface area (Å²) in [6, 6.07) is 8.28. The van der Waals surface area contributed by atoms with Gasteiger partial charge in [-0.2, -0.15) is 9.89 Å². The lowest BCUT2D eigenvalue weighted by atomic mass is 9.98. The van der Waals surface area contributed by atoms with Crippen LogP contribution in [0.5, 0.6) is 5.75 Å². The van der Waals surface area contributed by atoms with Gasteiger partial charge >= 0.3 is 0 Å². The van der Waals surface area contributed by atoms with Crippen molar-refractivity contribution in [1.82, 2.24) is 14.9 Å². The Morgan fingerprint density at radius 1 is 1.16 bits per heavy atom. The van der Waals surface area contributed by atoms with Gasteiger partial charge in [0.05, 0.1) is 10.7 Å². The predicted octanol–water partition coefficient (Wildman–Crippen LogP) is 5.61. The van der Waals surface area contributed by atoms with Crippen LogP contribution in [-0.2, 0) is 4.84 Å². The molecule has 1 fully saturated rings. The minimum Gasteiger partial charge on any atom is -0.481 e. The van der Waals surface area contributed by atoms with E-state index in [1.807, 2.05) is 29.6 Å². The molecular formula is C25H23F4N5O2S. The lowest BCUT2D eigenvalue weighted by molar-refractivity contribution is 0.0834. The zero-order valence-corrected chi connectivity index (χ0v) is 20.4. The molecule has 0 amide bonds. The fraction of sp³-hybridized carbons (Fsp3) is 0.400. The summed E-state index contributed by atoms with van der Waals surface area (Å²) in [7, 11) is 0. The molecule has 0 radical (unpaired) electrons. The number of para-hydroxylation sites is 1. The molecule has 0 spiro atoms. The predicted molar refractivity (Wildman–Crippen MR) is 130 cm³/mol. The van der Waals surface area contributed by atoms with Gasteiger partial charge < -0.3 is 9.57 Å². The molecule has 12 heteroatoms. The Morgan fingerprint density at radius 3 is 2.68 bits per heavy atom. The molecular weight excluding hydrogens is 510 g/mol. The van der Waals surface area contributed by atoms with Crippen molar-refractivity contribution in [3.63, 3.8) is 0 Å². The molecule has 7 nitrogen and oxygen atoms in total. The highest BCUT2D eigenvalue weighted by molar-refractivity contribution is 7.10. The van der Waals surface area contributed by atoms with Crippen LogP contribution in [0.1, 0.15) is 71.8 Å². The molecule has 37 heavy (non-hydrogen) atoms. The highest BCUT2D eigenvalue weighted by Crippen LogP contribution is 2.37. The summed E-state index contributed by atoms with van der Waals surface area (Å²) >= 11 is 1.51. The van der Waals surface area contributed by atoms with Gasteiger partial charge in [-0.3, -0.25) is 5.01 Å². The number of rotatable bonds is 8. The summed E-state index contributed by atoms with van der Waals surface area (Å²) in [6.07, 6.45) is 0.984. The average Bonchev–Trinajstić information content (AvgIpc) is 3.67. The zero-order chi connectivity index (χ0) is 25.9. The fourth-order valence-corrected chi connectivity index (χ4v) is 5.49. The lowest BCUT2D eigenvalue weighted by Gasteiger charge is -2.33. The van der Waals surface area contributed by atoms with Crippen LogP contribution in [0.25, 0.3) is 0 Å². The number of benzene rings is 1. The molecule has 1 aromatic carbocycles. The van der Waals surface area contributed by atoms with E-state index in [2.05, 4.69) is 16.2 Å². The van der Waals surface area contributed by atoms with Gasteiger partial charge in [-0.25, -0.2) is 22.5 Å². The number of alkyl halides is 4. The van der Waals surface area contributed by atoms with Gasteiger partial charge in [-0.15, -0.1) is 17.8 Å². The van der Waals surface area contributed by atoms with E-state index in [1.165, 1.54) is 11.3 Å². The van der Waals surface area contributed by atoms with Gasteiger partial charge in [-0.1, -0.05) is 29.3 Å². The summed E-state index contributed by atoms with van der Waals surface area (Å²) in [5, 5.41) is 12.4. The summed E-state index contributed by atoms with van der Waals surface area (Å²) in [4.78, 5) is 11.4. The molecule has 4 heterocycles. The molecule has 0 N–H and O–H groups in total. The summed E-state index contributed by atoms with van der Waals surface area (Å²) in [5.74, 6) is 3.23. The van der Waals surface area contributed by atoms with Crippen LogP contribution < -0.4 is 9.75 Å². The van der Waals surface area contributed by atoms with Crippen LogP contribution in [0.4, 0.5) is 17.6 Å². The second kappa shape index (κ2) is 10.8. The van der Waals surface area contributed by atoms with E-state index >= 15 is 0 Å². The van der Waals surface area contributed by atoms with Crippen molar-refractivity contribution in [2.75, 3.05) is 24.7 Å². The van der Waals surface area contributed by atoms with E-state index < -0.39 is 24.2 Å². The van der Waals surface area contributed by atoms with Crippen LogP contribution in [-0.4, -0.2) is 40.3 Å². The molecule has 2 aromatic heterocycles. The third kappa shape index (κ3) is 5.27. The molecule has 3 aromatic rings. The standard InChI is InChI=1S/C25H23F4N5O2S/c1-2-11-35-21-6-4-3-5-16(21)22-13-17(32-36-22)19-14-37-25(30-19)15-7-9-33(10-8-15)34-20(24(28)29)12-18(31-34)23(26)27/h1,3-6,12,14-15,22-24H,7-11,13H2. The fourth-order valence-electron chi connectivity index (χ4n) is 4.49. The Morgan fingerprint density at radius 2 is 1.95 bits per heavy atom. The SMILES string of the molecule is C#CCOc1ccccc1C1CC(c2csc(C3CCN(n4nc(C(F)F)cc4C(F)F)CC3)n2)=NO1. The summed E-state index contributed by atoms with van der Waals surface area (Å²) in [5.41, 5.74) is 1.15. The van der Waals surface area contributed by atoms with Crippen molar-refractivity contribution in [2.45, 2.75) is 44.1 Å². The molecule has 5 rings (SSSR count). The molecule has 0 saturated carbocycles. The Labute approximate surface area is 214 Å². The smallest absolute Gasteiger partial charge is 0.282 e. The first-order valence-electron chi connectivity index (χ1n) is 11.7. The maximum atomic E-state index is 13.4. The van der Waals surface area contributed by atoms with Crippen molar-refractivity contribution >= 4 is 17.0 Å². The monoisotopic (exact) mass is 533 g/mol. The van der Waals surface area contributed by atoms with Gasteiger partial charge in [0, 0.05) is 36.4 Å². The van der Waals surface area contributed by atoms with Crippen LogP contribution in [0.3, 0.4) is 0 Å². The second-order valence-electron chi connectivity index (χ2n) is 8.65.